The molecule has 0 atom stereocenters. The van der Waals surface area contributed by atoms with Gasteiger partial charge in [-0.3, -0.25) is 0 Å². The first kappa shape index (κ1) is 15.9. The van der Waals surface area contributed by atoms with Crippen LogP contribution in [-0.4, -0.2) is 32.1 Å². The Bertz CT molecular complexity index is 25.2. The summed E-state index contributed by atoms with van der Waals surface area (Å²) < 4.78 is 29.5. The number of hydrogen-bond acceptors (Lipinski definition) is 4. The fourth-order valence-corrected chi connectivity index (χ4v) is 0. The molecule has 4 nitrogen and oxygen atoms in total. The van der Waals surface area contributed by atoms with Gasteiger partial charge in [0, 0.05) is 21.7 Å². The Morgan fingerprint density at radius 3 is 0.857 bits per heavy atom. The summed E-state index contributed by atoms with van der Waals surface area (Å²) in [5.41, 5.74) is 0. The fraction of sp³-hybridized carbons (Fsp3) is 0. The maximum atomic E-state index is 7.38. The van der Waals surface area contributed by atoms with Gasteiger partial charge in [0.25, 0.3) is 0 Å². The van der Waals surface area contributed by atoms with E-state index in [2.05, 4.69) is 0 Å². The van der Waals surface area contributed by atoms with Gasteiger partial charge in [-0.15, -0.1) is 0 Å². The number of hydrogen-bond donors (Lipinski definition) is 4. The van der Waals surface area contributed by atoms with Gasteiger partial charge in [0.15, 0.2) is 17.4 Å². The average molecular weight is 194 g/mol. The Hall–Kier alpha value is 1.80. The van der Waals surface area contributed by atoms with Crippen LogP contribution in [0, 0.1) is 0 Å². The van der Waals surface area contributed by atoms with Crippen molar-refractivity contribution < 1.29 is 54.6 Å². The van der Waals surface area contributed by atoms with Crippen molar-refractivity contribution in [2.45, 2.75) is 0 Å². The molecule has 0 fully saturated rings. The van der Waals surface area contributed by atoms with E-state index in [0.29, 0.717) is 0 Å². The molecule has 0 amide bonds. The minimum atomic E-state index is -5.00. The van der Waals surface area contributed by atoms with Gasteiger partial charge in [0.05, 0.1) is 0 Å². The van der Waals surface area contributed by atoms with Gasteiger partial charge in [-0.2, -0.15) is 0 Å². The van der Waals surface area contributed by atoms with Gasteiger partial charge in [-0.05, 0) is 0 Å². The summed E-state index contributed by atoms with van der Waals surface area (Å²) in [6.07, 6.45) is 0. The molecule has 7 heteroatoms. The summed E-state index contributed by atoms with van der Waals surface area (Å²) in [4.78, 5) is 0. The van der Waals surface area contributed by atoms with Crippen LogP contribution in [0.25, 0.3) is 0 Å². The first-order chi connectivity index (χ1) is 2.00. The number of rotatable bonds is 0. The third-order valence-corrected chi connectivity index (χ3v) is 0. The maximum Gasteiger partial charge on any atom is 0 e. The molecule has 42 valence electrons. The summed E-state index contributed by atoms with van der Waals surface area (Å²) in [7, 11) is 0. The molecule has 4 N–H and O–H groups in total. The van der Waals surface area contributed by atoms with Crippen LogP contribution in [0.1, 0.15) is 0 Å². The van der Waals surface area contributed by atoms with Crippen molar-refractivity contribution in [3.8, 4) is 0 Å². The molecule has 0 aliphatic heterocycles. The SMILES string of the molecule is [AlH3].[OH][Ti]([OH])([OH])[OH].[Ti]. The van der Waals surface area contributed by atoms with Crippen molar-refractivity contribution in [2.75, 3.05) is 0 Å². The molecule has 0 aliphatic carbocycles. The van der Waals surface area contributed by atoms with E-state index in [9.17, 15) is 0 Å². The van der Waals surface area contributed by atoms with Gasteiger partial charge in [-0.25, -0.2) is 0 Å². The van der Waals surface area contributed by atoms with Crippen molar-refractivity contribution in [3.63, 3.8) is 0 Å². The Kier molecular flexibility index (Phi) is 13.5. The molecule has 0 spiro atoms. The van der Waals surface area contributed by atoms with E-state index in [0.717, 1.165) is 0 Å². The molecule has 0 saturated heterocycles. The van der Waals surface area contributed by atoms with E-state index in [4.69, 9.17) is 14.8 Å². The molecule has 0 unspecified atom stereocenters. The topological polar surface area (TPSA) is 80.9 Å². The van der Waals surface area contributed by atoms with Crippen molar-refractivity contribution >= 4 is 17.4 Å². The van der Waals surface area contributed by atoms with Crippen LogP contribution < -0.4 is 0 Å². The van der Waals surface area contributed by atoms with E-state index in [1.54, 1.807) is 0 Å². The quantitative estimate of drug-likeness (QED) is 0.302. The second-order valence-corrected chi connectivity index (χ2v) is 2.47. The van der Waals surface area contributed by atoms with Gasteiger partial charge < -0.3 is 0 Å². The molecule has 0 aromatic heterocycles. The fourth-order valence-electron chi connectivity index (χ4n) is 0. The Labute approximate surface area is 71.4 Å². The first-order valence-electron chi connectivity index (χ1n) is 0.894. The second-order valence-electron chi connectivity index (χ2n) is 0.600. The van der Waals surface area contributed by atoms with Crippen LogP contribution >= 0.6 is 0 Å². The third-order valence-electron chi connectivity index (χ3n) is 0. The van der Waals surface area contributed by atoms with Crippen LogP contribution in [0.15, 0.2) is 0 Å². The van der Waals surface area contributed by atoms with Crippen molar-refractivity contribution in [2.24, 2.45) is 0 Å². The average Bonchev–Trinajstić information content (AvgIpc) is 0.722. The van der Waals surface area contributed by atoms with Crippen molar-refractivity contribution in [1.29, 1.82) is 0 Å². The normalized spacial score (nSPS) is 8.57. The molecule has 0 bridgehead atoms. The van der Waals surface area contributed by atoms with E-state index in [1.165, 1.54) is 0 Å². The summed E-state index contributed by atoms with van der Waals surface area (Å²) in [5, 5.41) is 0. The minimum absolute atomic E-state index is 0. The largest absolute Gasteiger partial charge is 0 e. The van der Waals surface area contributed by atoms with Crippen LogP contribution in [0.3, 0.4) is 0 Å². The van der Waals surface area contributed by atoms with Crippen LogP contribution in [0.2, 0.25) is 0 Å². The van der Waals surface area contributed by atoms with Gasteiger partial charge in [-0.1, -0.05) is 0 Å². The molecule has 0 aliphatic rings. The molecule has 7 heavy (non-hydrogen) atoms. The van der Waals surface area contributed by atoms with Crippen LogP contribution in [0.5, 0.6) is 0 Å². The van der Waals surface area contributed by atoms with Crippen molar-refractivity contribution in [3.05, 3.63) is 0 Å². The second kappa shape index (κ2) is 5.93. The zero-order valence-corrected chi connectivity index (χ0v) is 5.91. The van der Waals surface area contributed by atoms with E-state index in [-0.39, 0.29) is 39.1 Å². The minimum Gasteiger partial charge on any atom is 0 e. The van der Waals surface area contributed by atoms with Gasteiger partial charge in [0.2, 0.25) is 0 Å². The molecule has 0 aromatic carbocycles. The predicted molar refractivity (Wildman–Crippen MR) is 18.8 cm³/mol. The summed E-state index contributed by atoms with van der Waals surface area (Å²) in [5.74, 6) is 0. The molecular weight excluding hydrogens is 187 g/mol. The van der Waals surface area contributed by atoms with Crippen LogP contribution in [-0.2, 0) is 39.9 Å². The summed E-state index contributed by atoms with van der Waals surface area (Å²) in [6.45, 7) is 0. The van der Waals surface area contributed by atoms with E-state index >= 15 is 0 Å². The van der Waals surface area contributed by atoms with Gasteiger partial charge >= 0.3 is 32.9 Å². The Morgan fingerprint density at radius 2 is 0.857 bits per heavy atom. The summed E-state index contributed by atoms with van der Waals surface area (Å²) in [6, 6.07) is 0. The standard InChI is InChI=1S/Al.4H2O.2Ti.3H/h;4*1H2;;;;;/q;;;;;;+4;;;/p-4. The molecule has 0 heterocycles. The Morgan fingerprint density at radius 1 is 0.857 bits per heavy atom. The first-order valence-corrected chi connectivity index (χ1v) is 3.69. The summed E-state index contributed by atoms with van der Waals surface area (Å²) >= 11 is -5.00. The molecule has 0 saturated carbocycles. The van der Waals surface area contributed by atoms with E-state index in [1.807, 2.05) is 0 Å². The van der Waals surface area contributed by atoms with Crippen molar-refractivity contribution in [1.82, 2.24) is 0 Å². The zero-order chi connectivity index (χ0) is 4.50. The monoisotopic (exact) mass is 194 g/mol. The molecule has 0 radical (unpaired) electrons. The van der Waals surface area contributed by atoms with Gasteiger partial charge in [0.1, 0.15) is 0 Å². The molecule has 0 aromatic rings. The zero-order valence-electron chi connectivity index (χ0n) is 2.79. The third kappa shape index (κ3) is 80.9. The maximum absolute atomic E-state index is 7.38. The van der Waals surface area contributed by atoms with Crippen LogP contribution in [0.4, 0.5) is 0 Å². The molecule has 0 rings (SSSR count). The smallest absolute Gasteiger partial charge is 0 e. The van der Waals surface area contributed by atoms with E-state index < -0.39 is 18.1 Å². The molecular formula is H7AlO4Ti2. The predicted octanol–water partition coefficient (Wildman–Crippen LogP) is -3.42. The Balaban J connectivity index is -0.0000000800.